The lowest BCUT2D eigenvalue weighted by Gasteiger charge is -2.29. The third-order valence-corrected chi connectivity index (χ3v) is 13.8. The van der Waals surface area contributed by atoms with Gasteiger partial charge in [-0.25, -0.2) is 0 Å². The quantitative estimate of drug-likeness (QED) is 0.100. The Balaban J connectivity index is 0.936. The van der Waals surface area contributed by atoms with Crippen molar-refractivity contribution in [3.63, 3.8) is 0 Å². The maximum absolute atomic E-state index is 2.42. The average molecular weight is 937 g/mol. The van der Waals surface area contributed by atoms with Crippen LogP contribution in [0.1, 0.15) is 69.5 Å². The molecule has 73 heavy (non-hydrogen) atoms. The van der Waals surface area contributed by atoms with Crippen molar-refractivity contribution < 1.29 is 0 Å². The lowest BCUT2D eigenvalue weighted by molar-refractivity contribution is 0.660. The minimum Gasteiger partial charge on any atom is -0.310 e. The van der Waals surface area contributed by atoms with Crippen molar-refractivity contribution in [2.45, 2.75) is 19.3 Å². The van der Waals surface area contributed by atoms with Gasteiger partial charge in [0.2, 0.25) is 0 Å². The van der Waals surface area contributed by atoms with Crippen LogP contribution in [0, 0.1) is 0 Å². The number of benzene rings is 10. The largest absolute Gasteiger partial charge is 0.310 e. The van der Waals surface area contributed by atoms with Gasteiger partial charge >= 0.3 is 0 Å². The molecule has 2 heteroatoms. The smallest absolute Gasteiger partial charge is 0.0465 e. The topological polar surface area (TPSA) is 6.48 Å². The van der Waals surface area contributed by atoms with Crippen molar-refractivity contribution >= 4 is 82.7 Å². The molecule has 2 nitrogen and oxygen atoms in total. The molecule has 350 valence electrons. The molecule has 0 bridgehead atoms. The molecule has 0 saturated carbocycles. The maximum Gasteiger partial charge on any atom is 0.0465 e. The second-order valence-corrected chi connectivity index (χ2v) is 19.1. The van der Waals surface area contributed by atoms with E-state index >= 15 is 0 Å². The lowest BCUT2D eigenvalue weighted by atomic mass is 9.82. The van der Waals surface area contributed by atoms with E-state index in [1.807, 2.05) is 0 Å². The van der Waals surface area contributed by atoms with Crippen LogP contribution in [0.15, 0.2) is 255 Å². The Kier molecular flexibility index (Phi) is 13.3. The van der Waals surface area contributed by atoms with Gasteiger partial charge in [0, 0.05) is 39.5 Å². The van der Waals surface area contributed by atoms with Crippen LogP contribution in [0.2, 0.25) is 0 Å². The minimum atomic E-state index is -0.287. The molecule has 1 aliphatic carbocycles. The minimum absolute atomic E-state index is 0.287. The van der Waals surface area contributed by atoms with Gasteiger partial charge in [0.25, 0.3) is 0 Å². The Morgan fingerprint density at radius 3 is 0.671 bits per heavy atom. The predicted molar refractivity (Wildman–Crippen MR) is 315 cm³/mol. The molecule has 1 aliphatic rings. The van der Waals surface area contributed by atoms with Crippen LogP contribution in [0.4, 0.5) is 34.1 Å². The van der Waals surface area contributed by atoms with Gasteiger partial charge in [0.15, 0.2) is 0 Å². The fourth-order valence-electron chi connectivity index (χ4n) is 9.85. The van der Waals surface area contributed by atoms with E-state index in [0.29, 0.717) is 0 Å². The number of hydrogen-bond acceptors (Lipinski definition) is 2. The molecule has 0 radical (unpaired) electrons. The van der Waals surface area contributed by atoms with Crippen molar-refractivity contribution in [3.05, 3.63) is 310 Å². The van der Waals surface area contributed by atoms with E-state index in [9.17, 15) is 0 Å². The van der Waals surface area contributed by atoms with Gasteiger partial charge in [-0.1, -0.05) is 244 Å². The number of hydrogen-bond donors (Lipinski definition) is 0. The third kappa shape index (κ3) is 10.5. The summed E-state index contributed by atoms with van der Waals surface area (Å²) >= 11 is 0. The Morgan fingerprint density at radius 1 is 0.233 bits per heavy atom. The molecule has 0 fully saturated rings. The van der Waals surface area contributed by atoms with Gasteiger partial charge < -0.3 is 9.80 Å². The molecule has 0 N–H and O–H groups in total. The van der Waals surface area contributed by atoms with Gasteiger partial charge in [0.05, 0.1) is 0 Å². The van der Waals surface area contributed by atoms with E-state index in [2.05, 4.69) is 327 Å². The van der Waals surface area contributed by atoms with Gasteiger partial charge in [-0.2, -0.15) is 0 Å². The molecule has 0 saturated heterocycles. The lowest BCUT2D eigenvalue weighted by Crippen LogP contribution is -2.17. The zero-order chi connectivity index (χ0) is 49.4. The van der Waals surface area contributed by atoms with Crippen LogP contribution in [-0.4, -0.2) is 0 Å². The van der Waals surface area contributed by atoms with Crippen molar-refractivity contribution in [3.8, 4) is 11.1 Å². The standard InChI is InChI=1S/C71H56N2/c1-71(2)69-51-65(72(61-39-31-57(32-40-61)27-23-53-15-7-3-8-16-53)62-41-33-58(34-42-62)28-24-54-17-9-4-10-18-54)47-49-67(69)68-50-48-66(52-70(68)71)73(63-43-35-59(36-44-63)29-25-55-19-11-5-12-20-55)64-45-37-60(38-46-64)30-26-56-21-13-6-14-22-56/h3-52H,1-2H3. The van der Waals surface area contributed by atoms with Crippen LogP contribution in [0.3, 0.4) is 0 Å². The van der Waals surface area contributed by atoms with Crippen LogP contribution < -0.4 is 9.80 Å². The summed E-state index contributed by atoms with van der Waals surface area (Å²) in [5, 5.41) is 0. The summed E-state index contributed by atoms with van der Waals surface area (Å²) in [4.78, 5) is 4.78. The van der Waals surface area contributed by atoms with E-state index < -0.39 is 0 Å². The van der Waals surface area contributed by atoms with Crippen LogP contribution in [0.5, 0.6) is 0 Å². The zero-order valence-electron chi connectivity index (χ0n) is 41.3. The van der Waals surface area contributed by atoms with Gasteiger partial charge in [-0.05, 0) is 140 Å². The third-order valence-electron chi connectivity index (χ3n) is 13.8. The molecule has 0 atom stereocenters. The summed E-state index contributed by atoms with van der Waals surface area (Å²) in [6.07, 6.45) is 17.4. The predicted octanol–water partition coefficient (Wildman–Crippen LogP) is 19.6. The first-order valence-electron chi connectivity index (χ1n) is 25.1. The van der Waals surface area contributed by atoms with Crippen LogP contribution in [-0.2, 0) is 5.41 Å². The number of rotatable bonds is 14. The molecule has 0 amide bonds. The Hall–Kier alpha value is -9.24. The van der Waals surface area contributed by atoms with E-state index in [-0.39, 0.29) is 5.41 Å². The molecule has 0 heterocycles. The van der Waals surface area contributed by atoms with Crippen molar-refractivity contribution in [1.82, 2.24) is 0 Å². The van der Waals surface area contributed by atoms with E-state index in [4.69, 9.17) is 0 Å². The maximum atomic E-state index is 2.42. The van der Waals surface area contributed by atoms with E-state index in [1.54, 1.807) is 0 Å². The monoisotopic (exact) mass is 936 g/mol. The van der Waals surface area contributed by atoms with Crippen LogP contribution in [0.25, 0.3) is 59.7 Å². The highest BCUT2D eigenvalue weighted by atomic mass is 15.1. The fourth-order valence-corrected chi connectivity index (χ4v) is 9.85. The second kappa shape index (κ2) is 21.0. The van der Waals surface area contributed by atoms with E-state index in [0.717, 1.165) is 56.4 Å². The average Bonchev–Trinajstić information content (AvgIpc) is 3.68. The summed E-state index contributed by atoms with van der Waals surface area (Å²) in [6, 6.07) is 91.5. The summed E-state index contributed by atoms with van der Waals surface area (Å²) in [5.74, 6) is 0. The highest BCUT2D eigenvalue weighted by molar-refractivity contribution is 5.89. The number of fused-ring (bicyclic) bond motifs is 3. The molecule has 0 unspecified atom stereocenters. The van der Waals surface area contributed by atoms with Gasteiger partial charge in [0.1, 0.15) is 0 Å². The normalized spacial score (nSPS) is 12.7. The van der Waals surface area contributed by atoms with Gasteiger partial charge in [-0.3, -0.25) is 0 Å². The highest BCUT2D eigenvalue weighted by Gasteiger charge is 2.37. The molecule has 0 aromatic heterocycles. The molecular weight excluding hydrogens is 881 g/mol. The molecule has 11 rings (SSSR count). The first-order valence-corrected chi connectivity index (χ1v) is 25.1. The van der Waals surface area contributed by atoms with Crippen molar-refractivity contribution in [1.29, 1.82) is 0 Å². The first-order chi connectivity index (χ1) is 35.9. The van der Waals surface area contributed by atoms with Crippen molar-refractivity contribution in [2.75, 3.05) is 9.80 Å². The Morgan fingerprint density at radius 2 is 0.438 bits per heavy atom. The molecule has 0 aliphatic heterocycles. The summed E-state index contributed by atoms with van der Waals surface area (Å²) in [6.45, 7) is 4.76. The van der Waals surface area contributed by atoms with Crippen molar-refractivity contribution in [2.24, 2.45) is 0 Å². The summed E-state index contributed by atoms with van der Waals surface area (Å²) < 4.78 is 0. The summed E-state index contributed by atoms with van der Waals surface area (Å²) in [7, 11) is 0. The van der Waals surface area contributed by atoms with E-state index in [1.165, 1.54) is 44.5 Å². The zero-order valence-corrected chi connectivity index (χ0v) is 41.3. The number of nitrogens with zero attached hydrogens (tertiary/aromatic N) is 2. The number of anilines is 6. The first kappa shape index (κ1) is 46.2. The van der Waals surface area contributed by atoms with Gasteiger partial charge in [-0.15, -0.1) is 0 Å². The SMILES string of the molecule is CC1(C)c2cc(N(c3ccc(C=Cc4ccccc4)cc3)c3ccc(C=Cc4ccccc4)cc3)ccc2-c2ccc(N(c3ccc(C=Cc4ccccc4)cc3)c3ccc(C=Cc4ccccc4)cc3)cc21. The molecular formula is C71H56N2. The molecule has 0 spiro atoms. The fraction of sp³-hybridized carbons (Fsp3) is 0.0423. The highest BCUT2D eigenvalue weighted by Crippen LogP contribution is 2.52. The molecule has 10 aromatic carbocycles. The Labute approximate surface area is 431 Å². The summed E-state index contributed by atoms with van der Waals surface area (Å²) in [5.41, 5.74) is 20.8. The second-order valence-electron chi connectivity index (χ2n) is 19.1. The molecule has 10 aromatic rings. The van der Waals surface area contributed by atoms with Crippen LogP contribution >= 0.6 is 0 Å². The Bertz CT molecular complexity index is 3140.